The number of carbonyl (C=O) groups excluding carboxylic acids is 1. The van der Waals surface area contributed by atoms with Gasteiger partial charge in [0, 0.05) is 17.5 Å². The molecule has 8 heteroatoms. The summed E-state index contributed by atoms with van der Waals surface area (Å²) >= 11 is 0. The Morgan fingerprint density at radius 3 is 2.06 bits per heavy atom. The fraction of sp³-hybridized carbons (Fsp3) is 0. The van der Waals surface area contributed by atoms with E-state index in [2.05, 4.69) is 0 Å². The average Bonchev–Trinajstić information content (AvgIpc) is 2.73. The summed E-state index contributed by atoms with van der Waals surface area (Å²) in [6.07, 6.45) is 2.43. The number of rotatable bonds is 5. The van der Waals surface area contributed by atoms with Gasteiger partial charge in [0.15, 0.2) is 0 Å². The molecule has 0 aromatic heterocycles. The Labute approximate surface area is 178 Å². The monoisotopic (exact) mass is 420 g/mol. The molecule has 0 unspecified atom stereocenters. The molecule has 0 spiro atoms. The zero-order valence-corrected chi connectivity index (χ0v) is 16.3. The molecule has 0 bridgehead atoms. The number of carboxylic acids is 2. The minimum atomic E-state index is -1.04. The van der Waals surface area contributed by atoms with Crippen molar-refractivity contribution in [1.29, 1.82) is 0 Å². The van der Waals surface area contributed by atoms with Crippen molar-refractivity contribution in [3.63, 3.8) is 0 Å². The van der Waals surface area contributed by atoms with Gasteiger partial charge in [0.2, 0.25) is 0 Å². The molecule has 3 aromatic carbocycles. The molecule has 0 saturated heterocycles. The van der Waals surface area contributed by atoms with E-state index in [-0.39, 0.29) is 5.56 Å². The highest BCUT2D eigenvalue weighted by molar-refractivity contribution is 5.92. The van der Waals surface area contributed by atoms with Gasteiger partial charge in [-0.3, -0.25) is 0 Å². The third-order valence-corrected chi connectivity index (χ3v) is 3.77. The molecule has 0 radical (unpaired) electrons. The summed E-state index contributed by atoms with van der Waals surface area (Å²) < 4.78 is 5.23. The number of nitrogens with two attached hydrogens (primary N) is 2. The van der Waals surface area contributed by atoms with E-state index in [4.69, 9.17) is 26.4 Å². The summed E-state index contributed by atoms with van der Waals surface area (Å²) in [5, 5.41) is 17.0. The Hall–Kier alpha value is -4.59. The molecular formula is C23H20N2O6. The minimum Gasteiger partial charge on any atom is -0.478 e. The number of benzene rings is 3. The second kappa shape index (κ2) is 10.8. The second-order valence-corrected chi connectivity index (χ2v) is 6.19. The third kappa shape index (κ3) is 7.74. The highest BCUT2D eigenvalue weighted by atomic mass is 16.5. The predicted octanol–water partition coefficient (Wildman–Crippen LogP) is 3.55. The van der Waals surface area contributed by atoms with Crippen molar-refractivity contribution in [2.24, 2.45) is 0 Å². The van der Waals surface area contributed by atoms with Crippen molar-refractivity contribution >= 4 is 35.4 Å². The lowest BCUT2D eigenvalue weighted by atomic mass is 10.2. The number of anilines is 2. The molecule has 8 nitrogen and oxygen atoms in total. The Bertz CT molecular complexity index is 1110. The Morgan fingerprint density at radius 1 is 0.774 bits per heavy atom. The zero-order valence-electron chi connectivity index (χ0n) is 16.3. The van der Waals surface area contributed by atoms with Crippen molar-refractivity contribution in [1.82, 2.24) is 0 Å². The molecule has 0 aliphatic carbocycles. The molecule has 158 valence electrons. The first-order chi connectivity index (χ1) is 14.7. The van der Waals surface area contributed by atoms with E-state index in [9.17, 15) is 14.4 Å². The average molecular weight is 420 g/mol. The minimum absolute atomic E-state index is 0.259. The molecule has 31 heavy (non-hydrogen) atoms. The molecule has 0 heterocycles. The van der Waals surface area contributed by atoms with Gasteiger partial charge in [0.1, 0.15) is 5.75 Å². The number of carboxylic acid groups (broad SMARTS) is 2. The Balaban J connectivity index is 0.000000285. The molecule has 0 amide bonds. The van der Waals surface area contributed by atoms with Crippen LogP contribution < -0.4 is 16.2 Å². The van der Waals surface area contributed by atoms with Gasteiger partial charge in [-0.15, -0.1) is 0 Å². The van der Waals surface area contributed by atoms with Crippen LogP contribution in [0.1, 0.15) is 26.3 Å². The first-order valence-corrected chi connectivity index (χ1v) is 8.92. The van der Waals surface area contributed by atoms with Crippen LogP contribution in [0.15, 0.2) is 78.9 Å². The lowest BCUT2D eigenvalue weighted by Gasteiger charge is -2.05. The van der Waals surface area contributed by atoms with Gasteiger partial charge in [-0.1, -0.05) is 18.2 Å². The van der Waals surface area contributed by atoms with E-state index in [1.54, 1.807) is 54.6 Å². The highest BCUT2D eigenvalue weighted by Crippen LogP contribution is 2.17. The van der Waals surface area contributed by atoms with Crippen LogP contribution in [0.3, 0.4) is 0 Å². The van der Waals surface area contributed by atoms with Crippen LogP contribution in [-0.4, -0.2) is 28.1 Å². The summed E-state index contributed by atoms with van der Waals surface area (Å²) in [6, 6.07) is 19.1. The maximum atomic E-state index is 12.0. The topological polar surface area (TPSA) is 153 Å². The van der Waals surface area contributed by atoms with E-state index in [0.29, 0.717) is 28.3 Å². The highest BCUT2D eigenvalue weighted by Gasteiger charge is 2.08. The summed E-state index contributed by atoms with van der Waals surface area (Å²) in [6.45, 7) is 0. The summed E-state index contributed by atoms with van der Waals surface area (Å²) in [5.41, 5.74) is 13.2. The number of aromatic carboxylic acids is 1. The number of hydrogen-bond acceptors (Lipinski definition) is 6. The number of aliphatic carboxylic acids is 1. The lowest BCUT2D eigenvalue weighted by Crippen LogP contribution is -2.08. The van der Waals surface area contributed by atoms with Crippen LogP contribution in [0.4, 0.5) is 11.4 Å². The third-order valence-electron chi connectivity index (χ3n) is 3.77. The van der Waals surface area contributed by atoms with E-state index in [1.165, 1.54) is 24.3 Å². The van der Waals surface area contributed by atoms with Gasteiger partial charge in [0.05, 0.1) is 11.1 Å². The van der Waals surface area contributed by atoms with Crippen LogP contribution in [0, 0.1) is 0 Å². The quantitative estimate of drug-likeness (QED) is 0.211. The zero-order chi connectivity index (χ0) is 22.8. The summed E-state index contributed by atoms with van der Waals surface area (Å²) in [7, 11) is 0. The normalized spacial score (nSPS) is 10.1. The summed E-state index contributed by atoms with van der Waals surface area (Å²) in [5.74, 6) is -2.17. The van der Waals surface area contributed by atoms with Crippen LogP contribution in [0.2, 0.25) is 0 Å². The van der Waals surface area contributed by atoms with Gasteiger partial charge >= 0.3 is 17.9 Å². The number of hydrogen-bond donors (Lipinski definition) is 4. The Kier molecular flexibility index (Phi) is 7.92. The molecular weight excluding hydrogens is 400 g/mol. The first-order valence-electron chi connectivity index (χ1n) is 8.92. The lowest BCUT2D eigenvalue weighted by molar-refractivity contribution is -0.131. The van der Waals surface area contributed by atoms with E-state index in [0.717, 1.165) is 6.08 Å². The van der Waals surface area contributed by atoms with Crippen molar-refractivity contribution < 1.29 is 29.3 Å². The molecule has 0 aliphatic heterocycles. The maximum Gasteiger partial charge on any atom is 0.343 e. The maximum absolute atomic E-state index is 12.0. The number of ether oxygens (including phenoxy) is 1. The van der Waals surface area contributed by atoms with Crippen LogP contribution in [0.25, 0.3) is 6.08 Å². The van der Waals surface area contributed by atoms with E-state index in [1.807, 2.05) is 0 Å². The number of carbonyl (C=O) groups is 3. The molecule has 0 atom stereocenters. The first kappa shape index (κ1) is 22.7. The molecule has 0 fully saturated rings. The fourth-order valence-corrected chi connectivity index (χ4v) is 2.31. The van der Waals surface area contributed by atoms with Crippen LogP contribution >= 0.6 is 0 Å². The van der Waals surface area contributed by atoms with Crippen LogP contribution in [-0.2, 0) is 4.79 Å². The SMILES string of the molecule is Nc1ccc(C(=O)O)cc1.Nc1cccc(C(=O)Oc2cccc(C=CC(=O)O)c2)c1. The Morgan fingerprint density at radius 2 is 1.45 bits per heavy atom. The summed E-state index contributed by atoms with van der Waals surface area (Å²) in [4.78, 5) is 32.7. The van der Waals surface area contributed by atoms with Gasteiger partial charge in [-0.2, -0.15) is 0 Å². The fourth-order valence-electron chi connectivity index (χ4n) is 2.31. The van der Waals surface area contributed by atoms with Gasteiger partial charge < -0.3 is 26.4 Å². The molecule has 3 aromatic rings. The molecule has 0 aliphatic rings. The van der Waals surface area contributed by atoms with E-state index < -0.39 is 17.9 Å². The van der Waals surface area contributed by atoms with Gasteiger partial charge in [-0.25, -0.2) is 14.4 Å². The van der Waals surface area contributed by atoms with Crippen LogP contribution in [0.5, 0.6) is 5.75 Å². The predicted molar refractivity (Wildman–Crippen MR) is 117 cm³/mol. The van der Waals surface area contributed by atoms with Gasteiger partial charge in [0.25, 0.3) is 0 Å². The van der Waals surface area contributed by atoms with Crippen molar-refractivity contribution in [3.8, 4) is 5.75 Å². The second-order valence-electron chi connectivity index (χ2n) is 6.19. The molecule has 0 saturated carbocycles. The molecule has 6 N–H and O–H groups in total. The van der Waals surface area contributed by atoms with Crippen molar-refractivity contribution in [3.05, 3.63) is 95.6 Å². The number of nitrogen functional groups attached to an aromatic ring is 2. The van der Waals surface area contributed by atoms with Crippen molar-refractivity contribution in [2.75, 3.05) is 11.5 Å². The van der Waals surface area contributed by atoms with E-state index >= 15 is 0 Å². The van der Waals surface area contributed by atoms with Gasteiger partial charge in [-0.05, 0) is 66.2 Å². The largest absolute Gasteiger partial charge is 0.478 e. The standard InChI is InChI=1S/C16H13NO4.C7H7NO2/c17-13-5-2-4-12(10-13)16(20)21-14-6-1-3-11(9-14)7-8-15(18)19;8-6-3-1-5(2-4-6)7(9)10/h1-10H,17H2,(H,18,19);1-4H,8H2,(H,9,10). The smallest absolute Gasteiger partial charge is 0.343 e. The number of esters is 1. The molecule has 3 rings (SSSR count). The van der Waals surface area contributed by atoms with Crippen molar-refractivity contribution in [2.45, 2.75) is 0 Å².